The van der Waals surface area contributed by atoms with Crippen LogP contribution in [-0.4, -0.2) is 44.3 Å². The largest absolute Gasteiger partial charge is 0.416 e. The standard InChI is InChI=1S/C34H34F3N3O4S/c1-3-38-33(42)31(21-26-11-6-4-7-12-26)39(23-27-19-17-25(2)18-20-27)32(41)24-40(45(43,44)30-15-8-5-9-16-30)29-14-10-13-28(22-29)34(35,36)37/h4-20,22,31H,3,21,23-24H2,1-2H3,(H,38,42). The summed E-state index contributed by atoms with van der Waals surface area (Å²) in [7, 11) is -4.52. The maximum absolute atomic E-state index is 14.3. The zero-order valence-electron chi connectivity index (χ0n) is 24.9. The maximum Gasteiger partial charge on any atom is 0.416 e. The van der Waals surface area contributed by atoms with Crippen molar-refractivity contribution in [2.45, 2.75) is 43.9 Å². The molecule has 4 aromatic carbocycles. The van der Waals surface area contributed by atoms with Crippen molar-refractivity contribution in [3.8, 4) is 0 Å². The molecule has 0 saturated heterocycles. The van der Waals surface area contributed by atoms with Crippen molar-refractivity contribution >= 4 is 27.5 Å². The number of carbonyl (C=O) groups is 2. The van der Waals surface area contributed by atoms with Gasteiger partial charge in [-0.15, -0.1) is 0 Å². The van der Waals surface area contributed by atoms with Crippen LogP contribution in [-0.2, 0) is 38.8 Å². The molecule has 1 unspecified atom stereocenters. The van der Waals surface area contributed by atoms with Crippen LogP contribution in [0.3, 0.4) is 0 Å². The molecule has 2 amide bonds. The average molecular weight is 638 g/mol. The lowest BCUT2D eigenvalue weighted by molar-refractivity contribution is -0.140. The molecule has 0 aromatic heterocycles. The Balaban J connectivity index is 1.82. The van der Waals surface area contributed by atoms with Crippen molar-refractivity contribution in [2.75, 3.05) is 17.4 Å². The first kappa shape index (κ1) is 33.3. The Kier molecular flexibility index (Phi) is 10.7. The summed E-state index contributed by atoms with van der Waals surface area (Å²) >= 11 is 0. The lowest BCUT2D eigenvalue weighted by Gasteiger charge is -2.34. The molecule has 236 valence electrons. The van der Waals surface area contributed by atoms with Crippen LogP contribution in [0.1, 0.15) is 29.2 Å². The highest BCUT2D eigenvalue weighted by Gasteiger charge is 2.36. The van der Waals surface area contributed by atoms with Crippen LogP contribution in [0.25, 0.3) is 0 Å². The first-order chi connectivity index (χ1) is 21.4. The van der Waals surface area contributed by atoms with Crippen molar-refractivity contribution in [3.05, 3.63) is 131 Å². The van der Waals surface area contributed by atoms with Gasteiger partial charge in [-0.25, -0.2) is 8.42 Å². The zero-order valence-corrected chi connectivity index (χ0v) is 25.7. The number of alkyl halides is 3. The number of benzene rings is 4. The predicted octanol–water partition coefficient (Wildman–Crippen LogP) is 5.99. The minimum absolute atomic E-state index is 0.0461. The van der Waals surface area contributed by atoms with Crippen molar-refractivity contribution in [3.63, 3.8) is 0 Å². The van der Waals surface area contributed by atoms with Gasteiger partial charge in [-0.3, -0.25) is 13.9 Å². The van der Waals surface area contributed by atoms with E-state index >= 15 is 0 Å². The topological polar surface area (TPSA) is 86.8 Å². The van der Waals surface area contributed by atoms with Gasteiger partial charge < -0.3 is 10.2 Å². The number of likely N-dealkylation sites (N-methyl/N-ethyl adjacent to an activating group) is 1. The Bertz CT molecular complexity index is 1700. The summed E-state index contributed by atoms with van der Waals surface area (Å²) in [5.74, 6) is -1.21. The van der Waals surface area contributed by atoms with Gasteiger partial charge in [0.15, 0.2) is 0 Å². The van der Waals surface area contributed by atoms with E-state index in [9.17, 15) is 31.2 Å². The summed E-state index contributed by atoms with van der Waals surface area (Å²) in [6, 6.07) is 26.3. The lowest BCUT2D eigenvalue weighted by Crippen LogP contribution is -2.53. The smallest absolute Gasteiger partial charge is 0.355 e. The summed E-state index contributed by atoms with van der Waals surface area (Å²) in [6.45, 7) is 3.03. The molecule has 4 rings (SSSR count). The van der Waals surface area contributed by atoms with Crippen LogP contribution in [0.15, 0.2) is 114 Å². The van der Waals surface area contributed by atoms with Crippen molar-refractivity contribution in [1.29, 1.82) is 0 Å². The minimum atomic E-state index is -4.75. The Morgan fingerprint density at radius 2 is 1.44 bits per heavy atom. The summed E-state index contributed by atoms with van der Waals surface area (Å²) in [5.41, 5.74) is 1.03. The first-order valence-corrected chi connectivity index (χ1v) is 15.8. The third-order valence-corrected chi connectivity index (χ3v) is 8.96. The summed E-state index contributed by atoms with van der Waals surface area (Å²) in [6.07, 6.45) is -4.63. The number of carbonyl (C=O) groups excluding carboxylic acids is 2. The van der Waals surface area contributed by atoms with E-state index in [-0.39, 0.29) is 30.1 Å². The van der Waals surface area contributed by atoms with Gasteiger partial charge in [0, 0.05) is 19.5 Å². The highest BCUT2D eigenvalue weighted by Crippen LogP contribution is 2.33. The van der Waals surface area contributed by atoms with Gasteiger partial charge in [0.05, 0.1) is 16.1 Å². The fourth-order valence-electron chi connectivity index (χ4n) is 4.82. The quantitative estimate of drug-likeness (QED) is 0.207. The second-order valence-corrected chi connectivity index (χ2v) is 12.3. The average Bonchev–Trinajstić information content (AvgIpc) is 3.03. The van der Waals surface area contributed by atoms with Crippen molar-refractivity contribution in [2.24, 2.45) is 0 Å². The number of hydrogen-bond donors (Lipinski definition) is 1. The maximum atomic E-state index is 14.3. The third kappa shape index (κ3) is 8.51. The molecule has 0 heterocycles. The number of amides is 2. The zero-order chi connectivity index (χ0) is 32.6. The van der Waals surface area contributed by atoms with Gasteiger partial charge in [-0.2, -0.15) is 13.2 Å². The van der Waals surface area contributed by atoms with Gasteiger partial charge in [0.2, 0.25) is 11.8 Å². The number of aryl methyl sites for hydroxylation is 1. The van der Waals surface area contributed by atoms with Crippen LogP contribution in [0.5, 0.6) is 0 Å². The van der Waals surface area contributed by atoms with Gasteiger partial charge in [-0.05, 0) is 55.3 Å². The SMILES string of the molecule is CCNC(=O)C(Cc1ccccc1)N(Cc1ccc(C)cc1)C(=O)CN(c1cccc(C(F)(F)F)c1)S(=O)(=O)c1ccccc1. The summed E-state index contributed by atoms with van der Waals surface area (Å²) < 4.78 is 69.6. The molecule has 11 heteroatoms. The molecule has 1 atom stereocenters. The highest BCUT2D eigenvalue weighted by molar-refractivity contribution is 7.92. The molecule has 1 N–H and O–H groups in total. The van der Waals surface area contributed by atoms with E-state index in [0.29, 0.717) is 15.9 Å². The molecule has 0 aliphatic heterocycles. The van der Waals surface area contributed by atoms with Crippen LogP contribution in [0, 0.1) is 6.92 Å². The number of halogens is 3. The summed E-state index contributed by atoms with van der Waals surface area (Å²) in [5, 5.41) is 2.77. The van der Waals surface area contributed by atoms with Crippen LogP contribution in [0.2, 0.25) is 0 Å². The highest BCUT2D eigenvalue weighted by atomic mass is 32.2. The van der Waals surface area contributed by atoms with Crippen molar-refractivity contribution < 1.29 is 31.2 Å². The second-order valence-electron chi connectivity index (χ2n) is 10.5. The molecular weight excluding hydrogens is 603 g/mol. The summed E-state index contributed by atoms with van der Waals surface area (Å²) in [4.78, 5) is 28.9. The van der Waals surface area contributed by atoms with E-state index in [1.807, 2.05) is 37.3 Å². The fraction of sp³-hybridized carbons (Fsp3) is 0.235. The van der Waals surface area contributed by atoms with E-state index in [0.717, 1.165) is 23.3 Å². The molecule has 0 spiro atoms. The van der Waals surface area contributed by atoms with E-state index in [1.165, 1.54) is 35.2 Å². The second kappa shape index (κ2) is 14.4. The Morgan fingerprint density at radius 3 is 2.04 bits per heavy atom. The van der Waals surface area contributed by atoms with Gasteiger partial charge in [-0.1, -0.05) is 84.4 Å². The van der Waals surface area contributed by atoms with Crippen LogP contribution < -0.4 is 9.62 Å². The number of anilines is 1. The monoisotopic (exact) mass is 637 g/mol. The van der Waals surface area contributed by atoms with Gasteiger partial charge in [0.1, 0.15) is 12.6 Å². The molecule has 0 saturated carbocycles. The molecule has 0 radical (unpaired) electrons. The lowest BCUT2D eigenvalue weighted by atomic mass is 10.0. The normalized spacial score (nSPS) is 12.3. The molecular formula is C34H34F3N3O4S. The molecule has 0 aliphatic carbocycles. The molecule has 0 bridgehead atoms. The number of rotatable bonds is 12. The van der Waals surface area contributed by atoms with Gasteiger partial charge in [0.25, 0.3) is 10.0 Å². The predicted molar refractivity (Wildman–Crippen MR) is 167 cm³/mol. The minimum Gasteiger partial charge on any atom is -0.355 e. The molecule has 45 heavy (non-hydrogen) atoms. The number of nitrogens with zero attached hydrogens (tertiary/aromatic N) is 2. The Labute approximate surface area is 261 Å². The Hall–Kier alpha value is -4.64. The number of hydrogen-bond acceptors (Lipinski definition) is 4. The van der Waals surface area contributed by atoms with E-state index in [1.54, 1.807) is 37.3 Å². The molecule has 4 aromatic rings. The van der Waals surface area contributed by atoms with Crippen LogP contribution >= 0.6 is 0 Å². The van der Waals surface area contributed by atoms with E-state index in [4.69, 9.17) is 0 Å². The molecule has 7 nitrogen and oxygen atoms in total. The van der Waals surface area contributed by atoms with E-state index < -0.39 is 46.2 Å². The third-order valence-electron chi connectivity index (χ3n) is 7.17. The molecule has 0 aliphatic rings. The van der Waals surface area contributed by atoms with E-state index in [2.05, 4.69) is 5.32 Å². The fourth-order valence-corrected chi connectivity index (χ4v) is 6.25. The van der Waals surface area contributed by atoms with Crippen LogP contribution in [0.4, 0.5) is 18.9 Å². The first-order valence-electron chi connectivity index (χ1n) is 14.3. The molecule has 0 fully saturated rings. The van der Waals surface area contributed by atoms with Crippen molar-refractivity contribution in [1.82, 2.24) is 10.2 Å². The number of sulfonamides is 1. The number of nitrogens with one attached hydrogen (secondary N) is 1. The van der Waals surface area contributed by atoms with Gasteiger partial charge >= 0.3 is 6.18 Å². The Morgan fingerprint density at radius 1 is 0.822 bits per heavy atom.